The van der Waals surface area contributed by atoms with Crippen molar-refractivity contribution >= 4 is 5.95 Å². The zero-order valence-corrected chi connectivity index (χ0v) is 11.3. The van der Waals surface area contributed by atoms with Gasteiger partial charge >= 0.3 is 0 Å². The summed E-state index contributed by atoms with van der Waals surface area (Å²) < 4.78 is 14.6. The highest BCUT2D eigenvalue weighted by Crippen LogP contribution is 2.24. The minimum absolute atomic E-state index is 0.0844. The maximum atomic E-state index is 14.6. The number of anilines is 1. The van der Waals surface area contributed by atoms with Crippen molar-refractivity contribution in [2.45, 2.75) is 6.42 Å². The quantitative estimate of drug-likeness (QED) is 0.798. The number of hydrogen-bond donors (Lipinski definition) is 1. The lowest BCUT2D eigenvalue weighted by Crippen LogP contribution is -2.06. The Morgan fingerprint density at radius 2 is 1.48 bits per heavy atom. The summed E-state index contributed by atoms with van der Waals surface area (Å²) in [4.78, 5) is 8.08. The molecule has 0 atom stereocenters. The first kappa shape index (κ1) is 13.2. The molecule has 1 heterocycles. The molecule has 0 aliphatic rings. The van der Waals surface area contributed by atoms with E-state index in [4.69, 9.17) is 5.73 Å². The monoisotopic (exact) mass is 279 g/mol. The van der Waals surface area contributed by atoms with E-state index in [-0.39, 0.29) is 11.6 Å². The molecular formula is C17H14FN3. The molecule has 104 valence electrons. The van der Waals surface area contributed by atoms with Crippen LogP contribution in [-0.2, 0) is 6.42 Å². The van der Waals surface area contributed by atoms with Gasteiger partial charge in [-0.25, -0.2) is 14.4 Å². The van der Waals surface area contributed by atoms with Crippen molar-refractivity contribution in [3.05, 3.63) is 77.7 Å². The molecule has 21 heavy (non-hydrogen) atoms. The molecule has 4 heteroatoms. The van der Waals surface area contributed by atoms with Gasteiger partial charge in [-0.3, -0.25) is 0 Å². The highest BCUT2D eigenvalue weighted by atomic mass is 19.1. The molecule has 1 aromatic heterocycles. The van der Waals surface area contributed by atoms with Crippen molar-refractivity contribution in [1.82, 2.24) is 9.97 Å². The molecule has 0 amide bonds. The van der Waals surface area contributed by atoms with E-state index in [1.165, 1.54) is 0 Å². The second-order valence-corrected chi connectivity index (χ2v) is 4.72. The average Bonchev–Trinajstić information content (AvgIpc) is 2.52. The van der Waals surface area contributed by atoms with Crippen molar-refractivity contribution in [3.8, 4) is 11.3 Å². The Bertz CT molecular complexity index is 743. The molecule has 0 aliphatic carbocycles. The molecule has 0 saturated carbocycles. The van der Waals surface area contributed by atoms with E-state index in [0.29, 0.717) is 17.7 Å². The molecule has 0 saturated heterocycles. The van der Waals surface area contributed by atoms with Crippen LogP contribution in [0.25, 0.3) is 11.3 Å². The molecule has 2 N–H and O–H groups in total. The van der Waals surface area contributed by atoms with Gasteiger partial charge in [0.15, 0.2) is 5.82 Å². The summed E-state index contributed by atoms with van der Waals surface area (Å²) in [5.41, 5.74) is 7.96. The fraction of sp³-hybridized carbons (Fsp3) is 0.0588. The SMILES string of the molecule is Nc1nc(Cc2ccccc2)c(F)c(-c2ccccc2)n1. The highest BCUT2D eigenvalue weighted by molar-refractivity contribution is 5.61. The maximum absolute atomic E-state index is 14.6. The molecule has 3 nitrogen and oxygen atoms in total. The summed E-state index contributed by atoms with van der Waals surface area (Å²) in [6.07, 6.45) is 0.388. The van der Waals surface area contributed by atoms with Crippen LogP contribution >= 0.6 is 0 Å². The lowest BCUT2D eigenvalue weighted by Gasteiger charge is -2.08. The number of nitrogens with zero attached hydrogens (tertiary/aromatic N) is 2. The summed E-state index contributed by atoms with van der Waals surface area (Å²) in [7, 11) is 0. The van der Waals surface area contributed by atoms with Gasteiger partial charge in [0.05, 0.1) is 5.69 Å². The van der Waals surface area contributed by atoms with Gasteiger partial charge in [0.2, 0.25) is 5.95 Å². The van der Waals surface area contributed by atoms with Crippen LogP contribution in [0.2, 0.25) is 0 Å². The Labute approximate surface area is 122 Å². The third-order valence-corrected chi connectivity index (χ3v) is 3.20. The Morgan fingerprint density at radius 1 is 0.857 bits per heavy atom. The summed E-state index contributed by atoms with van der Waals surface area (Å²) >= 11 is 0. The molecule has 3 aromatic rings. The molecule has 0 unspecified atom stereocenters. The first-order valence-electron chi connectivity index (χ1n) is 6.65. The summed E-state index contributed by atoms with van der Waals surface area (Å²) in [5, 5.41) is 0. The predicted octanol–water partition coefficient (Wildman–Crippen LogP) is 3.46. The van der Waals surface area contributed by atoms with E-state index < -0.39 is 5.82 Å². The first-order valence-corrected chi connectivity index (χ1v) is 6.65. The van der Waals surface area contributed by atoms with E-state index in [0.717, 1.165) is 5.56 Å². The van der Waals surface area contributed by atoms with Gasteiger partial charge in [0.1, 0.15) is 5.69 Å². The number of aromatic nitrogens is 2. The zero-order chi connectivity index (χ0) is 14.7. The van der Waals surface area contributed by atoms with Gasteiger partial charge in [-0.1, -0.05) is 60.7 Å². The fourth-order valence-electron chi connectivity index (χ4n) is 2.21. The van der Waals surface area contributed by atoms with Crippen LogP contribution in [0.3, 0.4) is 0 Å². The van der Waals surface area contributed by atoms with E-state index >= 15 is 0 Å². The third kappa shape index (κ3) is 2.89. The number of benzene rings is 2. The third-order valence-electron chi connectivity index (χ3n) is 3.20. The van der Waals surface area contributed by atoms with Crippen LogP contribution in [0, 0.1) is 5.82 Å². The van der Waals surface area contributed by atoms with Crippen LogP contribution < -0.4 is 5.73 Å². The lowest BCUT2D eigenvalue weighted by atomic mass is 10.1. The van der Waals surface area contributed by atoms with Crippen LogP contribution in [-0.4, -0.2) is 9.97 Å². The molecule has 0 bridgehead atoms. The summed E-state index contributed by atoms with van der Waals surface area (Å²) in [5.74, 6) is -0.333. The number of hydrogen-bond acceptors (Lipinski definition) is 3. The number of nitrogen functional groups attached to an aromatic ring is 1. The maximum Gasteiger partial charge on any atom is 0.221 e. The van der Waals surface area contributed by atoms with E-state index in [1.54, 1.807) is 12.1 Å². The molecule has 2 aromatic carbocycles. The highest BCUT2D eigenvalue weighted by Gasteiger charge is 2.15. The van der Waals surface area contributed by atoms with Gasteiger partial charge in [0, 0.05) is 12.0 Å². The van der Waals surface area contributed by atoms with Crippen LogP contribution in [0.5, 0.6) is 0 Å². The van der Waals surface area contributed by atoms with Gasteiger partial charge in [-0.2, -0.15) is 0 Å². The first-order chi connectivity index (χ1) is 10.2. The van der Waals surface area contributed by atoms with Gasteiger partial charge in [0.25, 0.3) is 0 Å². The van der Waals surface area contributed by atoms with Crippen LogP contribution in [0.4, 0.5) is 10.3 Å². The standard InChI is InChI=1S/C17H14FN3/c18-15-14(11-12-7-3-1-4-8-12)20-17(19)21-16(15)13-9-5-2-6-10-13/h1-10H,11H2,(H2,19,20,21). The van der Waals surface area contributed by atoms with Crippen molar-refractivity contribution in [2.24, 2.45) is 0 Å². The fourth-order valence-corrected chi connectivity index (χ4v) is 2.21. The average molecular weight is 279 g/mol. The lowest BCUT2D eigenvalue weighted by molar-refractivity contribution is 0.601. The van der Waals surface area contributed by atoms with Crippen molar-refractivity contribution < 1.29 is 4.39 Å². The Balaban J connectivity index is 2.04. The van der Waals surface area contributed by atoms with Gasteiger partial charge in [-0.05, 0) is 5.56 Å². The second-order valence-electron chi connectivity index (χ2n) is 4.72. The largest absolute Gasteiger partial charge is 0.368 e. The van der Waals surface area contributed by atoms with Crippen LogP contribution in [0.1, 0.15) is 11.3 Å². The van der Waals surface area contributed by atoms with Gasteiger partial charge in [-0.15, -0.1) is 0 Å². The van der Waals surface area contributed by atoms with Crippen molar-refractivity contribution in [1.29, 1.82) is 0 Å². The normalized spacial score (nSPS) is 10.5. The van der Waals surface area contributed by atoms with Gasteiger partial charge < -0.3 is 5.73 Å². The number of halogens is 1. The molecular weight excluding hydrogens is 265 g/mol. The molecule has 0 fully saturated rings. The second kappa shape index (κ2) is 5.71. The van der Waals surface area contributed by atoms with Crippen LogP contribution in [0.15, 0.2) is 60.7 Å². The minimum Gasteiger partial charge on any atom is -0.368 e. The molecule has 0 radical (unpaired) electrons. The van der Waals surface area contributed by atoms with Crippen molar-refractivity contribution in [3.63, 3.8) is 0 Å². The summed E-state index contributed by atoms with van der Waals surface area (Å²) in [6.45, 7) is 0. The Morgan fingerprint density at radius 3 is 2.14 bits per heavy atom. The topological polar surface area (TPSA) is 51.8 Å². The molecule has 0 aliphatic heterocycles. The smallest absolute Gasteiger partial charge is 0.221 e. The molecule has 3 rings (SSSR count). The zero-order valence-electron chi connectivity index (χ0n) is 11.3. The summed E-state index contributed by atoms with van der Waals surface area (Å²) in [6, 6.07) is 18.8. The Hall–Kier alpha value is -2.75. The van der Waals surface area contributed by atoms with E-state index in [9.17, 15) is 4.39 Å². The van der Waals surface area contributed by atoms with Crippen molar-refractivity contribution in [2.75, 3.05) is 5.73 Å². The van der Waals surface area contributed by atoms with E-state index in [2.05, 4.69) is 9.97 Å². The molecule has 0 spiro atoms. The number of nitrogens with two attached hydrogens (primary N) is 1. The Kier molecular flexibility index (Phi) is 3.60. The van der Waals surface area contributed by atoms with E-state index in [1.807, 2.05) is 48.5 Å². The predicted molar refractivity (Wildman–Crippen MR) is 81.1 cm³/mol. The number of rotatable bonds is 3. The minimum atomic E-state index is -0.417.